The minimum Gasteiger partial charge on any atom is -0.434 e. The first-order chi connectivity index (χ1) is 11.3. The van der Waals surface area contributed by atoms with E-state index in [1.54, 1.807) is 13.0 Å². The molecule has 0 heterocycles. The minimum atomic E-state index is -3.06. The minimum absolute atomic E-state index is 0.103. The number of hydrogen-bond donors (Lipinski definition) is 2. The molecule has 128 valence electrons. The van der Waals surface area contributed by atoms with Crippen LogP contribution in [0.3, 0.4) is 0 Å². The van der Waals surface area contributed by atoms with Crippen LogP contribution in [-0.2, 0) is 6.61 Å². The number of aliphatic hydroxyl groups is 1. The number of rotatable bonds is 5. The van der Waals surface area contributed by atoms with Gasteiger partial charge in [0.1, 0.15) is 5.75 Å². The average Bonchev–Trinajstić information content (AvgIpc) is 2.51. The Hall–Kier alpha value is -2.18. The van der Waals surface area contributed by atoms with Crippen LogP contribution in [0.2, 0.25) is 5.02 Å². The van der Waals surface area contributed by atoms with Crippen molar-refractivity contribution in [3.05, 3.63) is 57.6 Å². The number of benzene rings is 2. The van der Waals surface area contributed by atoms with Crippen molar-refractivity contribution in [2.24, 2.45) is 0 Å². The zero-order valence-electron chi connectivity index (χ0n) is 13.1. The highest BCUT2D eigenvalue weighted by atomic mass is 35.5. The fraction of sp³-hybridized carbons (Fsp3) is 0.235. The van der Waals surface area contributed by atoms with Gasteiger partial charge in [0.2, 0.25) is 0 Å². The van der Waals surface area contributed by atoms with Gasteiger partial charge in [-0.1, -0.05) is 17.7 Å². The summed E-state index contributed by atoms with van der Waals surface area (Å²) in [4.78, 5) is 12.4. The van der Waals surface area contributed by atoms with Gasteiger partial charge in [-0.05, 0) is 54.8 Å². The van der Waals surface area contributed by atoms with E-state index in [2.05, 4.69) is 10.1 Å². The molecule has 1 amide bonds. The molecule has 24 heavy (non-hydrogen) atoms. The van der Waals surface area contributed by atoms with E-state index >= 15 is 0 Å². The second kappa shape index (κ2) is 7.59. The smallest absolute Gasteiger partial charge is 0.387 e. The number of aryl methyl sites for hydroxylation is 2. The van der Waals surface area contributed by atoms with Crippen LogP contribution in [0.5, 0.6) is 5.75 Å². The molecule has 0 radical (unpaired) electrons. The molecule has 0 saturated heterocycles. The van der Waals surface area contributed by atoms with Gasteiger partial charge in [0.05, 0.1) is 12.2 Å². The highest BCUT2D eigenvalue weighted by molar-refractivity contribution is 6.31. The average molecular weight is 356 g/mol. The SMILES string of the molecule is Cc1cc(C)c(NC(=O)c2cc(Cl)ccc2OC(F)F)cc1CO. The van der Waals surface area contributed by atoms with Gasteiger partial charge in [-0.25, -0.2) is 0 Å². The molecule has 0 unspecified atom stereocenters. The molecule has 0 atom stereocenters. The van der Waals surface area contributed by atoms with Crippen LogP contribution >= 0.6 is 11.6 Å². The summed E-state index contributed by atoms with van der Waals surface area (Å²) in [6.45, 7) is 0.403. The third-order valence-corrected chi connectivity index (χ3v) is 3.74. The maximum atomic E-state index is 12.5. The molecule has 0 fully saturated rings. The highest BCUT2D eigenvalue weighted by Crippen LogP contribution is 2.27. The van der Waals surface area contributed by atoms with Gasteiger partial charge in [0, 0.05) is 10.7 Å². The van der Waals surface area contributed by atoms with Crippen LogP contribution in [-0.4, -0.2) is 17.6 Å². The summed E-state index contributed by atoms with van der Waals surface area (Å²) < 4.78 is 29.3. The van der Waals surface area contributed by atoms with Crippen LogP contribution < -0.4 is 10.1 Å². The van der Waals surface area contributed by atoms with E-state index in [0.29, 0.717) is 11.3 Å². The summed E-state index contributed by atoms with van der Waals surface area (Å²) in [7, 11) is 0. The Morgan fingerprint density at radius 1 is 1.25 bits per heavy atom. The number of aliphatic hydroxyl groups excluding tert-OH is 1. The molecule has 0 aromatic heterocycles. The van der Waals surface area contributed by atoms with Crippen molar-refractivity contribution in [1.29, 1.82) is 0 Å². The number of halogens is 3. The van der Waals surface area contributed by atoms with Gasteiger partial charge in [0.15, 0.2) is 0 Å². The van der Waals surface area contributed by atoms with Gasteiger partial charge in [-0.2, -0.15) is 8.78 Å². The third kappa shape index (κ3) is 4.21. The van der Waals surface area contributed by atoms with E-state index in [4.69, 9.17) is 11.6 Å². The van der Waals surface area contributed by atoms with E-state index in [9.17, 15) is 18.7 Å². The van der Waals surface area contributed by atoms with Crippen molar-refractivity contribution in [3.8, 4) is 5.75 Å². The summed E-state index contributed by atoms with van der Waals surface area (Å²) in [5, 5.41) is 12.2. The second-order valence-corrected chi connectivity index (χ2v) is 5.66. The first-order valence-electron chi connectivity index (χ1n) is 7.08. The predicted octanol–water partition coefficient (Wildman–Crippen LogP) is 4.30. The second-order valence-electron chi connectivity index (χ2n) is 5.22. The van der Waals surface area contributed by atoms with Gasteiger partial charge in [0.25, 0.3) is 5.91 Å². The van der Waals surface area contributed by atoms with E-state index in [-0.39, 0.29) is 22.9 Å². The van der Waals surface area contributed by atoms with Gasteiger partial charge >= 0.3 is 6.61 Å². The molecule has 0 aliphatic heterocycles. The van der Waals surface area contributed by atoms with E-state index in [0.717, 1.165) is 11.1 Å². The Morgan fingerprint density at radius 2 is 1.96 bits per heavy atom. The number of hydrogen-bond acceptors (Lipinski definition) is 3. The van der Waals surface area contributed by atoms with E-state index < -0.39 is 12.5 Å². The summed E-state index contributed by atoms with van der Waals surface area (Å²) in [5.41, 5.74) is 2.69. The molecule has 4 nitrogen and oxygen atoms in total. The van der Waals surface area contributed by atoms with E-state index in [1.165, 1.54) is 18.2 Å². The lowest BCUT2D eigenvalue weighted by Gasteiger charge is -2.14. The van der Waals surface area contributed by atoms with Crippen LogP contribution in [0, 0.1) is 13.8 Å². The Morgan fingerprint density at radius 3 is 2.58 bits per heavy atom. The molecule has 2 aromatic rings. The summed E-state index contributed by atoms with van der Waals surface area (Å²) >= 11 is 5.84. The number of amides is 1. The lowest BCUT2D eigenvalue weighted by molar-refractivity contribution is -0.0501. The van der Waals surface area contributed by atoms with Crippen molar-refractivity contribution >= 4 is 23.2 Å². The Kier molecular flexibility index (Phi) is 5.75. The predicted molar refractivity (Wildman–Crippen MR) is 87.9 cm³/mol. The summed E-state index contributed by atoms with van der Waals surface area (Å²) in [6, 6.07) is 7.28. The number of anilines is 1. The monoisotopic (exact) mass is 355 g/mol. The van der Waals surface area contributed by atoms with Crippen LogP contribution in [0.15, 0.2) is 30.3 Å². The third-order valence-electron chi connectivity index (χ3n) is 3.50. The largest absolute Gasteiger partial charge is 0.434 e. The Balaban J connectivity index is 2.35. The number of alkyl halides is 2. The number of nitrogens with one attached hydrogen (secondary N) is 1. The van der Waals surface area contributed by atoms with Crippen molar-refractivity contribution in [1.82, 2.24) is 0 Å². The zero-order chi connectivity index (χ0) is 17.9. The molecular weight excluding hydrogens is 340 g/mol. The Labute approximate surface area is 143 Å². The van der Waals surface area contributed by atoms with Crippen molar-refractivity contribution < 1.29 is 23.4 Å². The fourth-order valence-electron chi connectivity index (χ4n) is 2.27. The number of ether oxygens (including phenoxy) is 1. The molecule has 2 aromatic carbocycles. The maximum Gasteiger partial charge on any atom is 0.387 e. The van der Waals surface area contributed by atoms with Crippen molar-refractivity contribution in [2.75, 3.05) is 5.32 Å². The van der Waals surface area contributed by atoms with Gasteiger partial charge < -0.3 is 15.2 Å². The van der Waals surface area contributed by atoms with Gasteiger partial charge in [-0.15, -0.1) is 0 Å². The van der Waals surface area contributed by atoms with Crippen LogP contribution in [0.25, 0.3) is 0 Å². The fourth-order valence-corrected chi connectivity index (χ4v) is 2.44. The van der Waals surface area contributed by atoms with Gasteiger partial charge in [-0.3, -0.25) is 4.79 Å². The van der Waals surface area contributed by atoms with Crippen molar-refractivity contribution in [3.63, 3.8) is 0 Å². The maximum absolute atomic E-state index is 12.5. The molecule has 0 bridgehead atoms. The quantitative estimate of drug-likeness (QED) is 0.840. The molecule has 2 rings (SSSR count). The lowest BCUT2D eigenvalue weighted by Crippen LogP contribution is -2.16. The van der Waals surface area contributed by atoms with Crippen LogP contribution in [0.4, 0.5) is 14.5 Å². The standard InChI is InChI=1S/C17H16ClF2NO3/c1-9-5-10(2)14(6-11(9)8-22)21-16(23)13-7-12(18)3-4-15(13)24-17(19)20/h3-7,17,22H,8H2,1-2H3,(H,21,23). The van der Waals surface area contributed by atoms with E-state index in [1.807, 2.05) is 13.0 Å². The molecular formula is C17H16ClF2NO3. The Bertz CT molecular complexity index is 766. The molecule has 2 N–H and O–H groups in total. The lowest BCUT2D eigenvalue weighted by atomic mass is 10.0. The topological polar surface area (TPSA) is 58.6 Å². The molecule has 0 saturated carbocycles. The molecule has 0 aliphatic rings. The summed E-state index contributed by atoms with van der Waals surface area (Å²) in [6.07, 6.45) is 0. The zero-order valence-corrected chi connectivity index (χ0v) is 13.8. The first kappa shape index (κ1) is 18.2. The molecule has 0 aliphatic carbocycles. The highest BCUT2D eigenvalue weighted by Gasteiger charge is 2.17. The number of carbonyl (C=O) groups excluding carboxylic acids is 1. The normalized spacial score (nSPS) is 10.8. The van der Waals surface area contributed by atoms with Crippen LogP contribution in [0.1, 0.15) is 27.0 Å². The molecule has 0 spiro atoms. The summed E-state index contributed by atoms with van der Waals surface area (Å²) in [5.74, 6) is -0.900. The first-order valence-corrected chi connectivity index (χ1v) is 7.46. The number of carbonyl (C=O) groups is 1. The molecule has 7 heteroatoms. The van der Waals surface area contributed by atoms with Crippen molar-refractivity contribution in [2.45, 2.75) is 27.1 Å².